The number of carbonyl (C=O) groups excluding carboxylic acids is 2. The van der Waals surface area contributed by atoms with Gasteiger partial charge in [-0.2, -0.15) is 0 Å². The summed E-state index contributed by atoms with van der Waals surface area (Å²) in [5, 5.41) is 3.77. The van der Waals surface area contributed by atoms with Gasteiger partial charge < -0.3 is 10.2 Å². The van der Waals surface area contributed by atoms with E-state index in [1.165, 1.54) is 4.90 Å². The Bertz CT molecular complexity index is 1410. The minimum Gasteiger partial charge on any atom is -0.352 e. The van der Waals surface area contributed by atoms with E-state index in [0.29, 0.717) is 17.1 Å². The number of nitrogens with zero attached hydrogens (tertiary/aromatic N) is 2. The van der Waals surface area contributed by atoms with Gasteiger partial charge in [0.1, 0.15) is 12.6 Å². The zero-order chi connectivity index (χ0) is 29.4. The molecular weight excluding hydrogens is 558 g/mol. The van der Waals surface area contributed by atoms with Crippen molar-refractivity contribution in [1.82, 2.24) is 10.2 Å². The summed E-state index contributed by atoms with van der Waals surface area (Å²) in [4.78, 5) is 29.6. The van der Waals surface area contributed by atoms with E-state index in [0.717, 1.165) is 59.4 Å². The van der Waals surface area contributed by atoms with Crippen LogP contribution in [0.4, 0.5) is 5.69 Å². The second-order valence-corrected chi connectivity index (χ2v) is 13.1. The first-order valence-corrected chi connectivity index (χ1v) is 16.3. The van der Waals surface area contributed by atoms with Crippen molar-refractivity contribution in [3.8, 4) is 0 Å². The molecule has 1 fully saturated rings. The molecule has 0 spiro atoms. The quantitative estimate of drug-likeness (QED) is 0.317. The van der Waals surface area contributed by atoms with Gasteiger partial charge in [0, 0.05) is 24.0 Å². The highest BCUT2D eigenvalue weighted by Crippen LogP contribution is 2.23. The number of sulfonamides is 1. The van der Waals surface area contributed by atoms with E-state index in [4.69, 9.17) is 11.6 Å². The second kappa shape index (κ2) is 14.0. The summed E-state index contributed by atoms with van der Waals surface area (Å²) in [6.45, 7) is 1.60. The predicted molar refractivity (Wildman–Crippen MR) is 164 cm³/mol. The average Bonchev–Trinajstić information content (AvgIpc) is 2.95. The maximum Gasteiger partial charge on any atom is 0.244 e. The lowest BCUT2D eigenvalue weighted by molar-refractivity contribution is -0.140. The third kappa shape index (κ3) is 8.81. The van der Waals surface area contributed by atoms with E-state index in [1.54, 1.807) is 36.4 Å². The van der Waals surface area contributed by atoms with Crippen molar-refractivity contribution in [3.63, 3.8) is 0 Å². The van der Waals surface area contributed by atoms with Gasteiger partial charge in [-0.15, -0.1) is 0 Å². The highest BCUT2D eigenvalue weighted by Gasteiger charge is 2.34. The second-order valence-electron chi connectivity index (χ2n) is 10.8. The molecular formula is C32H38ClN3O4S. The summed E-state index contributed by atoms with van der Waals surface area (Å²) in [7, 11) is -3.80. The number of aryl methyl sites for hydroxylation is 1. The lowest BCUT2D eigenvalue weighted by Crippen LogP contribution is -2.55. The van der Waals surface area contributed by atoms with Crippen molar-refractivity contribution < 1.29 is 18.0 Å². The Labute approximate surface area is 248 Å². The highest BCUT2D eigenvalue weighted by atomic mass is 35.5. The van der Waals surface area contributed by atoms with Gasteiger partial charge in [-0.3, -0.25) is 13.9 Å². The Kier molecular flexibility index (Phi) is 10.5. The van der Waals surface area contributed by atoms with Gasteiger partial charge in [0.05, 0.1) is 11.9 Å². The largest absolute Gasteiger partial charge is 0.352 e. The lowest BCUT2D eigenvalue weighted by atomic mass is 9.94. The number of halogens is 1. The fraction of sp³-hybridized carbons (Fsp3) is 0.375. The Morgan fingerprint density at radius 3 is 2.15 bits per heavy atom. The van der Waals surface area contributed by atoms with E-state index >= 15 is 0 Å². The highest BCUT2D eigenvalue weighted by molar-refractivity contribution is 7.92. The Morgan fingerprint density at radius 1 is 0.902 bits per heavy atom. The van der Waals surface area contributed by atoms with Gasteiger partial charge in [0.15, 0.2) is 0 Å². The average molecular weight is 596 g/mol. The molecule has 0 radical (unpaired) electrons. The lowest BCUT2D eigenvalue weighted by Gasteiger charge is -2.35. The SMILES string of the molecule is Cc1ccc(N(CC(=O)N(Cc2ccc(Cl)cc2)[C@@H](Cc2ccccc2)C(=O)NC2CCCCC2)S(C)(=O)=O)cc1. The number of amides is 2. The molecule has 1 aliphatic rings. The van der Waals surface area contributed by atoms with E-state index in [1.807, 2.05) is 49.4 Å². The number of benzene rings is 3. The van der Waals surface area contributed by atoms with Crippen molar-refractivity contribution in [1.29, 1.82) is 0 Å². The van der Waals surface area contributed by atoms with Gasteiger partial charge in [-0.05, 0) is 55.2 Å². The molecule has 0 aromatic heterocycles. The first-order valence-electron chi connectivity index (χ1n) is 14.0. The van der Waals surface area contributed by atoms with Crippen LogP contribution in [-0.2, 0) is 32.6 Å². The molecule has 41 heavy (non-hydrogen) atoms. The molecule has 3 aromatic carbocycles. The summed E-state index contributed by atoms with van der Waals surface area (Å²) >= 11 is 6.12. The summed E-state index contributed by atoms with van der Waals surface area (Å²) in [6.07, 6.45) is 6.46. The molecule has 218 valence electrons. The monoisotopic (exact) mass is 595 g/mol. The van der Waals surface area contributed by atoms with Crippen molar-refractivity contribution in [3.05, 3.63) is 101 Å². The molecule has 9 heteroatoms. The minimum absolute atomic E-state index is 0.0575. The molecule has 1 N–H and O–H groups in total. The summed E-state index contributed by atoms with van der Waals surface area (Å²) in [5.41, 5.74) is 3.06. The normalized spacial score (nSPS) is 14.7. The number of anilines is 1. The number of hydrogen-bond donors (Lipinski definition) is 1. The zero-order valence-corrected chi connectivity index (χ0v) is 25.2. The van der Waals surface area contributed by atoms with Crippen LogP contribution in [0, 0.1) is 6.92 Å². The number of hydrogen-bond acceptors (Lipinski definition) is 4. The van der Waals surface area contributed by atoms with Crippen molar-refractivity contribution in [2.45, 2.75) is 64.1 Å². The molecule has 1 saturated carbocycles. The Balaban J connectivity index is 1.71. The molecule has 1 aliphatic carbocycles. The molecule has 3 aromatic rings. The van der Waals surface area contributed by atoms with Gasteiger partial charge in [0.25, 0.3) is 0 Å². The van der Waals surface area contributed by atoms with Crippen molar-refractivity contribution in [2.24, 2.45) is 0 Å². The summed E-state index contributed by atoms with van der Waals surface area (Å²) in [6, 6.07) is 22.9. The molecule has 7 nitrogen and oxygen atoms in total. The summed E-state index contributed by atoms with van der Waals surface area (Å²) in [5.74, 6) is -0.699. The number of nitrogens with one attached hydrogen (secondary N) is 1. The Morgan fingerprint density at radius 2 is 1.54 bits per heavy atom. The van der Waals surface area contributed by atoms with Crippen LogP contribution in [0.5, 0.6) is 0 Å². The van der Waals surface area contributed by atoms with Crippen LogP contribution in [0.3, 0.4) is 0 Å². The number of rotatable bonds is 11. The molecule has 0 unspecified atom stereocenters. The van der Waals surface area contributed by atoms with Gasteiger partial charge in [0.2, 0.25) is 21.8 Å². The molecule has 2 amide bonds. The van der Waals surface area contributed by atoms with E-state index in [2.05, 4.69) is 5.32 Å². The third-order valence-electron chi connectivity index (χ3n) is 7.49. The van der Waals surface area contributed by atoms with E-state index < -0.39 is 28.5 Å². The van der Waals surface area contributed by atoms with Crippen molar-refractivity contribution in [2.75, 3.05) is 17.1 Å². The standard InChI is InChI=1S/C32H38ClN3O4S/c1-24-13-19-29(20-14-24)36(41(2,39)40)23-31(37)35(22-26-15-17-27(33)18-16-26)30(21-25-9-5-3-6-10-25)32(38)34-28-11-7-4-8-12-28/h3,5-6,9-10,13-20,28,30H,4,7-8,11-12,21-23H2,1-2H3,(H,34,38)/t30-/m0/s1. The molecule has 0 heterocycles. The van der Waals surface area contributed by atoms with Crippen LogP contribution in [-0.4, -0.2) is 50.0 Å². The molecule has 4 rings (SSSR count). The van der Waals surface area contributed by atoms with Crippen LogP contribution in [0.25, 0.3) is 0 Å². The maximum absolute atomic E-state index is 14.2. The van der Waals surface area contributed by atoms with Crippen LogP contribution in [0.15, 0.2) is 78.9 Å². The van der Waals surface area contributed by atoms with Gasteiger partial charge in [-0.1, -0.05) is 91.0 Å². The van der Waals surface area contributed by atoms with Crippen LogP contribution in [0.2, 0.25) is 5.02 Å². The fourth-order valence-electron chi connectivity index (χ4n) is 5.21. The van der Waals surface area contributed by atoms with E-state index in [-0.39, 0.29) is 18.5 Å². The maximum atomic E-state index is 14.2. The Hall–Kier alpha value is -3.36. The van der Waals surface area contributed by atoms with Crippen LogP contribution >= 0.6 is 11.6 Å². The van der Waals surface area contributed by atoms with Crippen LogP contribution in [0.1, 0.15) is 48.8 Å². The zero-order valence-electron chi connectivity index (χ0n) is 23.6. The molecule has 1 atom stereocenters. The minimum atomic E-state index is -3.80. The van der Waals surface area contributed by atoms with Crippen LogP contribution < -0.4 is 9.62 Å². The van der Waals surface area contributed by atoms with Crippen molar-refractivity contribution >= 4 is 39.1 Å². The molecule has 0 bridgehead atoms. The summed E-state index contributed by atoms with van der Waals surface area (Å²) < 4.78 is 26.9. The topological polar surface area (TPSA) is 86.8 Å². The first-order chi connectivity index (χ1) is 19.6. The molecule has 0 aliphatic heterocycles. The fourth-order valence-corrected chi connectivity index (χ4v) is 6.19. The predicted octanol–water partition coefficient (Wildman–Crippen LogP) is 5.50. The smallest absolute Gasteiger partial charge is 0.244 e. The molecule has 0 saturated heterocycles. The van der Waals surface area contributed by atoms with Gasteiger partial charge in [-0.25, -0.2) is 8.42 Å². The third-order valence-corrected chi connectivity index (χ3v) is 8.88. The first kappa shape index (κ1) is 30.6. The van der Waals surface area contributed by atoms with E-state index in [9.17, 15) is 18.0 Å². The van der Waals surface area contributed by atoms with Gasteiger partial charge >= 0.3 is 0 Å². The number of carbonyl (C=O) groups is 2.